The van der Waals surface area contributed by atoms with Crippen LogP contribution in [0.5, 0.6) is 0 Å². The molecule has 2 aromatic rings. The predicted molar refractivity (Wildman–Crippen MR) is 93.9 cm³/mol. The topological polar surface area (TPSA) is 36.1 Å². The molecule has 3 nitrogen and oxygen atoms in total. The Morgan fingerprint density at radius 1 is 1.30 bits per heavy atom. The van der Waals surface area contributed by atoms with E-state index in [1.54, 1.807) is 0 Å². The fraction of sp³-hybridized carbons (Fsp3) is 0.550. The second kappa shape index (κ2) is 5.20. The van der Waals surface area contributed by atoms with Crippen molar-refractivity contribution >= 4 is 16.7 Å². The number of nitrogens with zero attached hydrogens (tertiary/aromatic N) is 1. The number of likely N-dealkylation sites (N-methyl/N-ethyl adjacent to an activating group) is 1. The van der Waals surface area contributed by atoms with Gasteiger partial charge in [0.15, 0.2) is 5.78 Å². The van der Waals surface area contributed by atoms with Crippen LogP contribution in [0, 0.1) is 11.3 Å². The summed E-state index contributed by atoms with van der Waals surface area (Å²) in [6, 6.07) is 8.89. The lowest BCUT2D eigenvalue weighted by atomic mass is 9.65. The number of carbonyl (C=O) groups is 1. The highest BCUT2D eigenvalue weighted by Crippen LogP contribution is 2.45. The van der Waals surface area contributed by atoms with Crippen LogP contribution in [-0.4, -0.2) is 35.3 Å². The Morgan fingerprint density at radius 2 is 2.09 bits per heavy atom. The van der Waals surface area contributed by atoms with Crippen LogP contribution in [0.1, 0.15) is 49.2 Å². The van der Waals surface area contributed by atoms with Gasteiger partial charge in [-0.15, -0.1) is 0 Å². The number of para-hydroxylation sites is 1. The van der Waals surface area contributed by atoms with Crippen LogP contribution in [-0.2, 0) is 6.42 Å². The van der Waals surface area contributed by atoms with Crippen molar-refractivity contribution in [1.82, 2.24) is 9.88 Å². The van der Waals surface area contributed by atoms with Gasteiger partial charge in [-0.3, -0.25) is 4.79 Å². The van der Waals surface area contributed by atoms with Gasteiger partial charge in [-0.1, -0.05) is 32.0 Å². The lowest BCUT2D eigenvalue weighted by Gasteiger charge is -2.50. The number of Topliss-reactive ketones (excluding diaryl/α,β-unsaturated/α-hetero) is 1. The molecule has 2 aliphatic rings. The zero-order valence-electron chi connectivity index (χ0n) is 14.4. The molecule has 0 saturated carbocycles. The number of piperidine rings is 1. The molecular formula is C20H26N2O. The molecule has 1 saturated heterocycles. The summed E-state index contributed by atoms with van der Waals surface area (Å²) in [6.07, 6.45) is 3.96. The number of fused-ring (bicyclic) bond motifs is 5. The molecular weight excluding hydrogens is 284 g/mol. The third-order valence-electron chi connectivity index (χ3n) is 6.55. The lowest BCUT2D eigenvalue weighted by molar-refractivity contribution is 0.00767. The summed E-state index contributed by atoms with van der Waals surface area (Å²) in [5.74, 6) is 0.810. The molecule has 0 radical (unpaired) electrons. The Bertz CT molecular complexity index is 762. The number of carbonyl (C=O) groups excluding carboxylic acids is 1. The number of H-pyrrole nitrogens is 1. The van der Waals surface area contributed by atoms with E-state index >= 15 is 0 Å². The predicted octanol–water partition coefficient (Wildman–Crippen LogP) is 4.03. The minimum atomic E-state index is 0.254. The van der Waals surface area contributed by atoms with Crippen molar-refractivity contribution in [3.05, 3.63) is 35.5 Å². The number of hydrogen-bond donors (Lipinski definition) is 1. The van der Waals surface area contributed by atoms with Gasteiger partial charge < -0.3 is 9.88 Å². The van der Waals surface area contributed by atoms with Crippen molar-refractivity contribution in [1.29, 1.82) is 0 Å². The van der Waals surface area contributed by atoms with Gasteiger partial charge in [-0.2, -0.15) is 0 Å². The Morgan fingerprint density at radius 3 is 2.87 bits per heavy atom. The van der Waals surface area contributed by atoms with Gasteiger partial charge >= 0.3 is 0 Å². The molecule has 4 rings (SSSR count). The summed E-state index contributed by atoms with van der Waals surface area (Å²) in [5, 5.41) is 1.23. The van der Waals surface area contributed by atoms with Crippen molar-refractivity contribution in [3.8, 4) is 0 Å². The van der Waals surface area contributed by atoms with Crippen molar-refractivity contribution < 1.29 is 4.79 Å². The van der Waals surface area contributed by atoms with E-state index in [-0.39, 0.29) is 5.41 Å². The van der Waals surface area contributed by atoms with E-state index in [0.29, 0.717) is 24.2 Å². The van der Waals surface area contributed by atoms with Gasteiger partial charge in [0.1, 0.15) is 0 Å². The first-order chi connectivity index (χ1) is 11.0. The molecule has 2 heterocycles. The highest BCUT2D eigenvalue weighted by molar-refractivity contribution is 6.02. The zero-order chi connectivity index (χ0) is 16.2. The molecule has 3 atom stereocenters. The van der Waals surface area contributed by atoms with E-state index in [9.17, 15) is 4.79 Å². The van der Waals surface area contributed by atoms with Crippen LogP contribution in [0.2, 0.25) is 0 Å². The van der Waals surface area contributed by atoms with Gasteiger partial charge in [0.25, 0.3) is 0 Å². The molecule has 1 aliphatic carbocycles. The van der Waals surface area contributed by atoms with E-state index in [0.717, 1.165) is 37.0 Å². The van der Waals surface area contributed by atoms with Gasteiger partial charge in [0, 0.05) is 29.9 Å². The maximum absolute atomic E-state index is 13.0. The van der Waals surface area contributed by atoms with Gasteiger partial charge in [-0.25, -0.2) is 0 Å². The molecule has 2 unspecified atom stereocenters. The summed E-state index contributed by atoms with van der Waals surface area (Å²) in [6.45, 7) is 5.74. The summed E-state index contributed by atoms with van der Waals surface area (Å²) in [5.41, 5.74) is 3.46. The smallest absolute Gasteiger partial charge is 0.179 e. The normalized spacial score (nSPS) is 31.7. The van der Waals surface area contributed by atoms with Gasteiger partial charge in [0.05, 0.1) is 5.69 Å². The number of rotatable bonds is 1. The lowest BCUT2D eigenvalue weighted by Crippen LogP contribution is -2.52. The Labute approximate surface area is 138 Å². The van der Waals surface area contributed by atoms with Gasteiger partial charge in [-0.05, 0) is 49.3 Å². The Hall–Kier alpha value is -1.61. The number of benzene rings is 1. The molecule has 1 N–H and O–H groups in total. The standard InChI is InChI=1S/C20H26N2O/c1-4-20(2)12-22(3)14-9-13(20)10-18(23)19-16(11-14)15-7-5-6-8-17(15)21-19/h5-8,13-14,21H,4,9-12H2,1-3H3/t13?,14?,20-/m0/s1. The first kappa shape index (κ1) is 14.9. The first-order valence-corrected chi connectivity index (χ1v) is 8.85. The Balaban J connectivity index is 1.83. The van der Waals surface area contributed by atoms with E-state index in [1.807, 2.05) is 6.07 Å². The van der Waals surface area contributed by atoms with Crippen LogP contribution in [0.3, 0.4) is 0 Å². The van der Waals surface area contributed by atoms with E-state index in [2.05, 4.69) is 49.0 Å². The highest BCUT2D eigenvalue weighted by Gasteiger charge is 2.44. The monoisotopic (exact) mass is 310 g/mol. The number of likely N-dealkylation sites (tertiary alicyclic amines) is 1. The highest BCUT2D eigenvalue weighted by atomic mass is 16.1. The van der Waals surface area contributed by atoms with Crippen LogP contribution in [0.4, 0.5) is 0 Å². The van der Waals surface area contributed by atoms with Crippen LogP contribution >= 0.6 is 0 Å². The average Bonchev–Trinajstić information content (AvgIpc) is 2.89. The van der Waals surface area contributed by atoms with E-state index in [4.69, 9.17) is 0 Å². The van der Waals surface area contributed by atoms with Crippen molar-refractivity contribution in [2.75, 3.05) is 13.6 Å². The summed E-state index contributed by atoms with van der Waals surface area (Å²) < 4.78 is 0. The maximum atomic E-state index is 13.0. The van der Waals surface area contributed by atoms with E-state index in [1.165, 1.54) is 10.9 Å². The molecule has 1 aromatic carbocycles. The van der Waals surface area contributed by atoms with Crippen LogP contribution in [0.25, 0.3) is 10.9 Å². The minimum Gasteiger partial charge on any atom is -0.352 e. The second-order valence-corrected chi connectivity index (χ2v) is 7.86. The van der Waals surface area contributed by atoms with Crippen LogP contribution < -0.4 is 0 Å². The number of aromatic nitrogens is 1. The fourth-order valence-electron chi connectivity index (χ4n) is 4.80. The molecule has 0 amide bonds. The number of ketones is 1. The SMILES string of the molecule is CC[C@@]1(C)CN(C)C2Cc3c([nH]c4ccccc34)C(=O)CC1C2. The number of nitrogens with one attached hydrogen (secondary N) is 1. The van der Waals surface area contributed by atoms with E-state index < -0.39 is 0 Å². The number of hydrogen-bond acceptors (Lipinski definition) is 2. The molecule has 1 aromatic heterocycles. The Kier molecular flexibility index (Phi) is 3.38. The summed E-state index contributed by atoms with van der Waals surface area (Å²) in [7, 11) is 2.26. The summed E-state index contributed by atoms with van der Waals surface area (Å²) in [4.78, 5) is 18.9. The largest absolute Gasteiger partial charge is 0.352 e. The third-order valence-corrected chi connectivity index (χ3v) is 6.55. The fourth-order valence-corrected chi connectivity index (χ4v) is 4.80. The summed E-state index contributed by atoms with van der Waals surface area (Å²) >= 11 is 0. The quantitative estimate of drug-likeness (QED) is 0.863. The molecule has 1 fully saturated rings. The van der Waals surface area contributed by atoms with Gasteiger partial charge in [0.2, 0.25) is 0 Å². The average molecular weight is 310 g/mol. The maximum Gasteiger partial charge on any atom is 0.179 e. The zero-order valence-corrected chi connectivity index (χ0v) is 14.4. The molecule has 2 bridgehead atoms. The minimum absolute atomic E-state index is 0.254. The second-order valence-electron chi connectivity index (χ2n) is 7.86. The first-order valence-electron chi connectivity index (χ1n) is 8.85. The number of aromatic amines is 1. The van der Waals surface area contributed by atoms with Crippen molar-refractivity contribution in [3.63, 3.8) is 0 Å². The molecule has 0 spiro atoms. The molecule has 1 aliphatic heterocycles. The molecule has 23 heavy (non-hydrogen) atoms. The van der Waals surface area contributed by atoms with Crippen LogP contribution in [0.15, 0.2) is 24.3 Å². The van der Waals surface area contributed by atoms with Crippen molar-refractivity contribution in [2.45, 2.75) is 45.6 Å². The molecule has 122 valence electrons. The van der Waals surface area contributed by atoms with Crippen molar-refractivity contribution in [2.24, 2.45) is 11.3 Å². The third kappa shape index (κ3) is 2.25. The molecule has 3 heteroatoms.